The molecule has 94 valence electrons. The average Bonchev–Trinajstić information content (AvgIpc) is 2.35. The van der Waals surface area contributed by atoms with Crippen molar-refractivity contribution < 1.29 is 9.47 Å². The summed E-state index contributed by atoms with van der Waals surface area (Å²) in [5.74, 6) is 1.48. The summed E-state index contributed by atoms with van der Waals surface area (Å²) >= 11 is 0. The summed E-state index contributed by atoms with van der Waals surface area (Å²) in [6.07, 6.45) is 0. The molecule has 0 heterocycles. The van der Waals surface area contributed by atoms with Crippen LogP contribution in [0.1, 0.15) is 11.1 Å². The van der Waals surface area contributed by atoms with Crippen molar-refractivity contribution in [2.24, 2.45) is 0 Å². The topological polar surface area (TPSA) is 44.5 Å². The van der Waals surface area contributed by atoms with Gasteiger partial charge in [0.1, 0.15) is 5.75 Å². The Labute approximate surface area is 107 Å². The fourth-order valence-electron chi connectivity index (χ4n) is 1.80. The zero-order chi connectivity index (χ0) is 13.0. The van der Waals surface area contributed by atoms with Gasteiger partial charge in [-0.1, -0.05) is 24.3 Å². The highest BCUT2D eigenvalue weighted by molar-refractivity contribution is 5.57. The Morgan fingerprint density at radius 3 is 2.61 bits per heavy atom. The van der Waals surface area contributed by atoms with Gasteiger partial charge in [0.05, 0.1) is 12.3 Å². The third kappa shape index (κ3) is 2.81. The summed E-state index contributed by atoms with van der Waals surface area (Å²) in [7, 11) is 1.67. The minimum atomic E-state index is 0.570. The number of nitrogen functional groups attached to an aromatic ring is 1. The van der Waals surface area contributed by atoms with Crippen LogP contribution in [0.2, 0.25) is 0 Å². The molecule has 0 fully saturated rings. The molecule has 0 saturated heterocycles. The molecule has 0 amide bonds. The van der Waals surface area contributed by atoms with E-state index in [-0.39, 0.29) is 0 Å². The molecule has 3 nitrogen and oxygen atoms in total. The normalized spacial score (nSPS) is 10.3. The van der Waals surface area contributed by atoms with Crippen molar-refractivity contribution in [3.05, 3.63) is 53.6 Å². The quantitative estimate of drug-likeness (QED) is 0.836. The molecule has 0 aliphatic heterocycles. The van der Waals surface area contributed by atoms with E-state index in [1.807, 2.05) is 49.4 Å². The molecule has 0 saturated carbocycles. The van der Waals surface area contributed by atoms with Crippen LogP contribution in [0.3, 0.4) is 0 Å². The van der Waals surface area contributed by atoms with E-state index < -0.39 is 0 Å². The van der Waals surface area contributed by atoms with E-state index in [4.69, 9.17) is 15.2 Å². The van der Waals surface area contributed by atoms with Crippen molar-refractivity contribution in [3.8, 4) is 11.5 Å². The van der Waals surface area contributed by atoms with Crippen LogP contribution in [0, 0.1) is 6.92 Å². The first-order valence-corrected chi connectivity index (χ1v) is 5.81. The van der Waals surface area contributed by atoms with Gasteiger partial charge in [-0.05, 0) is 36.2 Å². The standard InChI is InChI=1S/C15H17NO2/c1-11-5-3-8-14(16)15(11)18-13-7-4-6-12(9-13)10-17-2/h3-9H,10,16H2,1-2H3. The van der Waals surface area contributed by atoms with Gasteiger partial charge in [-0.3, -0.25) is 0 Å². The highest BCUT2D eigenvalue weighted by Crippen LogP contribution is 2.31. The van der Waals surface area contributed by atoms with Gasteiger partial charge in [0.15, 0.2) is 5.75 Å². The Morgan fingerprint density at radius 1 is 1.11 bits per heavy atom. The number of hydrogen-bond acceptors (Lipinski definition) is 3. The largest absolute Gasteiger partial charge is 0.455 e. The Hall–Kier alpha value is -2.00. The van der Waals surface area contributed by atoms with Gasteiger partial charge < -0.3 is 15.2 Å². The van der Waals surface area contributed by atoms with Gasteiger partial charge in [0, 0.05) is 7.11 Å². The Morgan fingerprint density at radius 2 is 1.89 bits per heavy atom. The molecule has 0 radical (unpaired) electrons. The first-order valence-electron chi connectivity index (χ1n) is 5.81. The third-order valence-corrected chi connectivity index (χ3v) is 2.67. The second kappa shape index (κ2) is 5.56. The van der Waals surface area contributed by atoms with Crippen molar-refractivity contribution in [2.45, 2.75) is 13.5 Å². The number of benzene rings is 2. The van der Waals surface area contributed by atoms with Crippen molar-refractivity contribution in [1.82, 2.24) is 0 Å². The zero-order valence-electron chi connectivity index (χ0n) is 10.6. The molecule has 3 heteroatoms. The van der Waals surface area contributed by atoms with Crippen LogP contribution in [-0.4, -0.2) is 7.11 Å². The lowest BCUT2D eigenvalue weighted by atomic mass is 10.2. The third-order valence-electron chi connectivity index (χ3n) is 2.67. The number of ether oxygens (including phenoxy) is 2. The van der Waals surface area contributed by atoms with E-state index in [1.165, 1.54) is 0 Å². The first kappa shape index (κ1) is 12.5. The lowest BCUT2D eigenvalue weighted by Gasteiger charge is -2.12. The second-order valence-corrected chi connectivity index (χ2v) is 4.18. The molecule has 0 aromatic heterocycles. The number of aryl methyl sites for hydroxylation is 1. The molecule has 2 N–H and O–H groups in total. The molecule has 0 bridgehead atoms. The maximum absolute atomic E-state index is 5.92. The van der Waals surface area contributed by atoms with E-state index in [9.17, 15) is 0 Å². The fourth-order valence-corrected chi connectivity index (χ4v) is 1.80. The van der Waals surface area contributed by atoms with E-state index in [2.05, 4.69) is 0 Å². The minimum Gasteiger partial charge on any atom is -0.455 e. The van der Waals surface area contributed by atoms with Crippen molar-refractivity contribution in [2.75, 3.05) is 12.8 Å². The molecule has 0 aliphatic carbocycles. The molecule has 0 atom stereocenters. The lowest BCUT2D eigenvalue weighted by molar-refractivity contribution is 0.184. The molecule has 0 unspecified atom stereocenters. The number of anilines is 1. The van der Waals surface area contributed by atoms with E-state index in [0.29, 0.717) is 18.0 Å². The van der Waals surface area contributed by atoms with Crippen molar-refractivity contribution >= 4 is 5.69 Å². The van der Waals surface area contributed by atoms with Crippen LogP contribution in [-0.2, 0) is 11.3 Å². The summed E-state index contributed by atoms with van der Waals surface area (Å²) < 4.78 is 10.9. The molecular formula is C15H17NO2. The highest BCUT2D eigenvalue weighted by atomic mass is 16.5. The zero-order valence-corrected chi connectivity index (χ0v) is 10.6. The van der Waals surface area contributed by atoms with Crippen molar-refractivity contribution in [3.63, 3.8) is 0 Å². The SMILES string of the molecule is COCc1cccc(Oc2c(C)cccc2N)c1. The van der Waals surface area contributed by atoms with Crippen molar-refractivity contribution in [1.29, 1.82) is 0 Å². The number of para-hydroxylation sites is 1. The van der Waals surface area contributed by atoms with Crippen LogP contribution in [0.25, 0.3) is 0 Å². The first-order chi connectivity index (χ1) is 8.70. The summed E-state index contributed by atoms with van der Waals surface area (Å²) in [5, 5.41) is 0. The van der Waals surface area contributed by atoms with E-state index >= 15 is 0 Å². The Balaban J connectivity index is 2.26. The predicted molar refractivity (Wildman–Crippen MR) is 72.8 cm³/mol. The summed E-state index contributed by atoms with van der Waals surface area (Å²) in [5.41, 5.74) is 8.65. The smallest absolute Gasteiger partial charge is 0.153 e. The van der Waals surface area contributed by atoms with Crippen LogP contribution in [0.5, 0.6) is 11.5 Å². The number of nitrogens with two attached hydrogens (primary N) is 1. The van der Waals surface area contributed by atoms with Gasteiger partial charge in [0.25, 0.3) is 0 Å². The Bertz CT molecular complexity index is 518. The monoisotopic (exact) mass is 243 g/mol. The van der Waals surface area contributed by atoms with Gasteiger partial charge in [-0.25, -0.2) is 0 Å². The molecule has 2 aromatic rings. The van der Waals surface area contributed by atoms with Gasteiger partial charge >= 0.3 is 0 Å². The molecule has 2 rings (SSSR count). The van der Waals surface area contributed by atoms with Crippen LogP contribution >= 0.6 is 0 Å². The van der Waals surface area contributed by atoms with E-state index in [1.54, 1.807) is 7.11 Å². The highest BCUT2D eigenvalue weighted by Gasteiger charge is 2.05. The number of methoxy groups -OCH3 is 1. The van der Waals surface area contributed by atoms with Crippen LogP contribution < -0.4 is 10.5 Å². The lowest BCUT2D eigenvalue weighted by Crippen LogP contribution is -1.95. The van der Waals surface area contributed by atoms with Gasteiger partial charge in [0.2, 0.25) is 0 Å². The molecular weight excluding hydrogens is 226 g/mol. The van der Waals surface area contributed by atoms with Crippen LogP contribution in [0.15, 0.2) is 42.5 Å². The molecule has 2 aromatic carbocycles. The predicted octanol–water partition coefficient (Wildman–Crippen LogP) is 3.52. The summed E-state index contributed by atoms with van der Waals surface area (Å²) in [6.45, 7) is 2.55. The van der Waals surface area contributed by atoms with Crippen LogP contribution in [0.4, 0.5) is 5.69 Å². The maximum atomic E-state index is 5.92. The van der Waals surface area contributed by atoms with Gasteiger partial charge in [-0.15, -0.1) is 0 Å². The maximum Gasteiger partial charge on any atom is 0.153 e. The second-order valence-electron chi connectivity index (χ2n) is 4.18. The van der Waals surface area contributed by atoms with E-state index in [0.717, 1.165) is 16.9 Å². The Kier molecular flexibility index (Phi) is 3.85. The number of hydrogen-bond donors (Lipinski definition) is 1. The number of rotatable bonds is 4. The summed E-state index contributed by atoms with van der Waals surface area (Å²) in [4.78, 5) is 0. The molecule has 0 spiro atoms. The average molecular weight is 243 g/mol. The molecule has 0 aliphatic rings. The van der Waals surface area contributed by atoms with Gasteiger partial charge in [-0.2, -0.15) is 0 Å². The fraction of sp³-hybridized carbons (Fsp3) is 0.200. The summed E-state index contributed by atoms with van der Waals surface area (Å²) in [6, 6.07) is 13.5. The minimum absolute atomic E-state index is 0.570. The molecule has 18 heavy (non-hydrogen) atoms.